The summed E-state index contributed by atoms with van der Waals surface area (Å²) in [6.07, 6.45) is -2.08. The van der Waals surface area contributed by atoms with Crippen molar-refractivity contribution in [3.05, 3.63) is 0 Å². The largest absolute Gasteiger partial charge is 2.00 e. The van der Waals surface area contributed by atoms with Crippen molar-refractivity contribution in [3.63, 3.8) is 0 Å². The van der Waals surface area contributed by atoms with Crippen LogP contribution in [0.2, 0.25) is 0 Å². The van der Waals surface area contributed by atoms with Crippen molar-refractivity contribution in [1.82, 2.24) is 0 Å². The maximum Gasteiger partial charge on any atom is 2.00 e. The first-order chi connectivity index (χ1) is 1.73. The maximum atomic E-state index is 8.44. The molecule has 7 nitrogen and oxygen atoms in total. The van der Waals surface area contributed by atoms with E-state index in [1.165, 1.54) is 0 Å². The van der Waals surface area contributed by atoms with E-state index in [4.69, 9.17) is 15.0 Å². The standard InChI is InChI=1S/CH2O3.Mg.4H2O/c2-1(3)4;;;;;/h(H2,2,3,4);;4*1H2/q;+2;;;;/p-2. The van der Waals surface area contributed by atoms with Crippen LogP contribution in [0.4, 0.5) is 4.79 Å². The van der Waals surface area contributed by atoms with Crippen LogP contribution >= 0.6 is 0 Å². The normalized spacial score (nSPS) is 2.67. The second-order valence-electron chi connectivity index (χ2n) is 0.266. The molecule has 0 radical (unpaired) electrons. The molecule has 0 spiro atoms. The molecule has 0 bridgehead atoms. The van der Waals surface area contributed by atoms with E-state index in [0.29, 0.717) is 0 Å². The van der Waals surface area contributed by atoms with Crippen LogP contribution in [-0.4, -0.2) is 56.2 Å². The predicted molar refractivity (Wildman–Crippen MR) is 26.6 cm³/mol. The Bertz CT molecular complexity index is 31.9. The van der Waals surface area contributed by atoms with Gasteiger partial charge in [-0.05, 0) is 0 Å². The SMILES string of the molecule is O.O.O.O=C([O-])O.[Mg+2].[OH-]. The topological polar surface area (TPSA) is 185 Å². The Morgan fingerprint density at radius 2 is 1.22 bits per heavy atom. The second-order valence-corrected chi connectivity index (χ2v) is 0.266. The molecule has 0 saturated heterocycles. The average Bonchev–Trinajstić information content (AvgIpc) is 0.811. The molecule has 0 aliphatic carbocycles. The molecule has 0 unspecified atom stereocenters. The minimum Gasteiger partial charge on any atom is -0.870 e. The van der Waals surface area contributed by atoms with Crippen LogP contribution in [0.1, 0.15) is 0 Å². The number of hydrogen-bond donors (Lipinski definition) is 1. The van der Waals surface area contributed by atoms with Crippen molar-refractivity contribution in [2.45, 2.75) is 0 Å². The van der Waals surface area contributed by atoms with E-state index in [1.807, 2.05) is 0 Å². The van der Waals surface area contributed by atoms with Gasteiger partial charge in [0.05, 0.1) is 0 Å². The van der Waals surface area contributed by atoms with Gasteiger partial charge in [-0.2, -0.15) is 0 Å². The smallest absolute Gasteiger partial charge is 0.870 e. The third-order valence-corrected chi connectivity index (χ3v) is 0. The zero-order valence-electron chi connectivity index (χ0n) is 4.42. The molecule has 0 saturated carbocycles. The Kier molecular flexibility index (Phi) is 333. The molecule has 8 N–H and O–H groups in total. The quantitative estimate of drug-likeness (QED) is 0.349. The zero-order chi connectivity index (χ0) is 3.58. The molecule has 9 heavy (non-hydrogen) atoms. The number of carbonyl (C=O) groups is 1. The van der Waals surface area contributed by atoms with Crippen molar-refractivity contribution in [2.75, 3.05) is 0 Å². The molecule has 0 aromatic rings. The number of carboxylic acid groups (broad SMARTS) is 2. The molecule has 0 fully saturated rings. The molecular weight excluding hydrogens is 148 g/mol. The molecule has 0 aromatic heterocycles. The van der Waals surface area contributed by atoms with Gasteiger partial charge >= 0.3 is 23.1 Å². The van der Waals surface area contributed by atoms with Crippen LogP contribution in [-0.2, 0) is 0 Å². The minimum absolute atomic E-state index is 0. The van der Waals surface area contributed by atoms with Crippen LogP contribution in [0.15, 0.2) is 0 Å². The Hall–Kier alpha value is -0.124. The van der Waals surface area contributed by atoms with Gasteiger partial charge in [-0.25, -0.2) is 0 Å². The summed E-state index contributed by atoms with van der Waals surface area (Å²) in [7, 11) is 0. The van der Waals surface area contributed by atoms with Gasteiger partial charge in [0.1, 0.15) is 0 Å². The van der Waals surface area contributed by atoms with Crippen molar-refractivity contribution in [1.29, 1.82) is 0 Å². The van der Waals surface area contributed by atoms with Gasteiger partial charge in [-0.1, -0.05) is 0 Å². The third kappa shape index (κ3) is 17800. The second kappa shape index (κ2) is 45.0. The first-order valence-electron chi connectivity index (χ1n) is 0.632. The van der Waals surface area contributed by atoms with Gasteiger partial charge < -0.3 is 36.9 Å². The molecule has 0 aliphatic heterocycles. The van der Waals surface area contributed by atoms with E-state index >= 15 is 0 Å². The summed E-state index contributed by atoms with van der Waals surface area (Å²) in [5.41, 5.74) is 0. The molecule has 0 rings (SSSR count). The summed E-state index contributed by atoms with van der Waals surface area (Å²) in [5, 5.41) is 15.3. The summed E-state index contributed by atoms with van der Waals surface area (Å²) in [6, 6.07) is 0. The van der Waals surface area contributed by atoms with Gasteiger partial charge in [-0.15, -0.1) is 0 Å². The van der Waals surface area contributed by atoms with E-state index in [2.05, 4.69) is 0 Å². The summed E-state index contributed by atoms with van der Waals surface area (Å²) < 4.78 is 0. The minimum atomic E-state index is -2.08. The van der Waals surface area contributed by atoms with E-state index in [-0.39, 0.29) is 45.0 Å². The monoisotopic (exact) mass is 156 g/mol. The number of hydrogen-bond acceptors (Lipinski definition) is 3. The Balaban J connectivity index is -0.00000000450. The summed E-state index contributed by atoms with van der Waals surface area (Å²) in [5.74, 6) is 0. The van der Waals surface area contributed by atoms with Gasteiger partial charge in [0.15, 0.2) is 0 Å². The van der Waals surface area contributed by atoms with Gasteiger partial charge in [-0.3, -0.25) is 0 Å². The summed E-state index contributed by atoms with van der Waals surface area (Å²) in [6.45, 7) is 0. The first kappa shape index (κ1) is 66.6. The van der Waals surface area contributed by atoms with Crippen LogP contribution in [0.5, 0.6) is 0 Å². The van der Waals surface area contributed by atoms with Crippen molar-refractivity contribution >= 4 is 29.2 Å². The van der Waals surface area contributed by atoms with Gasteiger partial charge in [0.25, 0.3) is 0 Å². The van der Waals surface area contributed by atoms with Crippen molar-refractivity contribution in [3.8, 4) is 0 Å². The van der Waals surface area contributed by atoms with E-state index in [1.54, 1.807) is 0 Å². The molecule has 0 atom stereocenters. The molecule has 0 aliphatic rings. The van der Waals surface area contributed by atoms with Gasteiger partial charge in [0.2, 0.25) is 6.16 Å². The number of rotatable bonds is 0. The molecule has 8 heteroatoms. The molecule has 0 amide bonds. The fraction of sp³-hybridized carbons (Fsp3) is 0. The molecule has 0 heterocycles. The molecule has 56 valence electrons. The van der Waals surface area contributed by atoms with Crippen LogP contribution < -0.4 is 5.11 Å². The van der Waals surface area contributed by atoms with Crippen molar-refractivity contribution in [2.24, 2.45) is 0 Å². The average molecular weight is 156 g/mol. The van der Waals surface area contributed by atoms with Crippen LogP contribution in [0.25, 0.3) is 0 Å². The Morgan fingerprint density at radius 3 is 1.22 bits per heavy atom. The van der Waals surface area contributed by atoms with Crippen LogP contribution in [0, 0.1) is 0 Å². The zero-order valence-corrected chi connectivity index (χ0v) is 5.83. The van der Waals surface area contributed by atoms with Crippen LogP contribution in [0.3, 0.4) is 0 Å². The summed E-state index contributed by atoms with van der Waals surface area (Å²) in [4.78, 5) is 8.44. The Labute approximate surface area is 66.7 Å². The fourth-order valence-corrected chi connectivity index (χ4v) is 0. The summed E-state index contributed by atoms with van der Waals surface area (Å²) >= 11 is 0. The molecule has 0 aromatic carbocycles. The fourth-order valence-electron chi connectivity index (χ4n) is 0. The maximum absolute atomic E-state index is 8.44. The Morgan fingerprint density at radius 1 is 1.22 bits per heavy atom. The van der Waals surface area contributed by atoms with E-state index in [0.717, 1.165) is 0 Å². The first-order valence-corrected chi connectivity index (χ1v) is 0.632. The predicted octanol–water partition coefficient (Wildman–Crippen LogP) is -4.14. The third-order valence-electron chi connectivity index (χ3n) is 0. The van der Waals surface area contributed by atoms with E-state index < -0.39 is 6.16 Å². The van der Waals surface area contributed by atoms with Gasteiger partial charge in [0, 0.05) is 0 Å². The molecular formula is CH8MgO7. The van der Waals surface area contributed by atoms with Crippen molar-refractivity contribution < 1.29 is 36.9 Å². The van der Waals surface area contributed by atoms with E-state index in [9.17, 15) is 0 Å².